The third kappa shape index (κ3) is 5.28. The molecule has 0 spiro atoms. The van der Waals surface area contributed by atoms with E-state index in [4.69, 9.17) is 11.6 Å². The van der Waals surface area contributed by atoms with E-state index in [9.17, 15) is 18.0 Å². The normalized spacial score (nSPS) is 11.2. The first-order valence-corrected chi connectivity index (χ1v) is 9.88. The molecule has 0 aliphatic heterocycles. The Kier molecular flexibility index (Phi) is 6.76. The number of hydrogen-bond acceptors (Lipinski definition) is 4. The number of nitrogens with zero attached hydrogens (tertiary/aromatic N) is 1. The van der Waals surface area contributed by atoms with Crippen molar-refractivity contribution in [2.24, 2.45) is 0 Å². The van der Waals surface area contributed by atoms with Crippen molar-refractivity contribution >= 4 is 49.4 Å². The van der Waals surface area contributed by atoms with E-state index in [2.05, 4.69) is 26.8 Å². The van der Waals surface area contributed by atoms with E-state index in [1.54, 1.807) is 24.3 Å². The molecule has 10 heteroatoms. The lowest BCUT2D eigenvalue weighted by Gasteiger charge is -2.17. The van der Waals surface area contributed by atoms with E-state index in [-0.39, 0.29) is 10.5 Å². The molecule has 2 N–H and O–H groups in total. The van der Waals surface area contributed by atoms with Crippen LogP contribution >= 0.6 is 27.5 Å². The number of carbonyl (C=O) groups excluding carboxylic acids is 2. The van der Waals surface area contributed by atoms with Gasteiger partial charge in [0.15, 0.2) is 0 Å². The fourth-order valence-electron chi connectivity index (χ4n) is 1.94. The number of carbonyl (C=O) groups is 2. The standard InChI is InChI=1S/C16H15BrClN3O4S/c1-21(26(24,25)14-7-5-12(17)6-8-14)10-15(22)19-20-16(23)11-3-2-4-13(18)9-11/h2-9H,10H2,1H3,(H,19,22)(H,20,23). The van der Waals surface area contributed by atoms with Crippen molar-refractivity contribution in [2.75, 3.05) is 13.6 Å². The molecular weight excluding hydrogens is 446 g/mol. The molecule has 7 nitrogen and oxygen atoms in total. The monoisotopic (exact) mass is 459 g/mol. The van der Waals surface area contributed by atoms with E-state index in [0.29, 0.717) is 5.02 Å². The molecule has 0 bridgehead atoms. The molecule has 0 aliphatic rings. The maximum atomic E-state index is 12.4. The second-order valence-corrected chi connectivity index (χ2v) is 8.62. The maximum absolute atomic E-state index is 12.4. The summed E-state index contributed by atoms with van der Waals surface area (Å²) in [5, 5.41) is 0.379. The number of hydrazine groups is 1. The molecule has 2 rings (SSSR count). The minimum Gasteiger partial charge on any atom is -0.272 e. The van der Waals surface area contributed by atoms with Crippen LogP contribution in [-0.2, 0) is 14.8 Å². The van der Waals surface area contributed by atoms with Gasteiger partial charge in [-0.25, -0.2) is 8.42 Å². The van der Waals surface area contributed by atoms with Crippen LogP contribution in [0.5, 0.6) is 0 Å². The van der Waals surface area contributed by atoms with E-state index in [1.165, 1.54) is 31.3 Å². The van der Waals surface area contributed by atoms with Gasteiger partial charge in [-0.1, -0.05) is 33.6 Å². The second kappa shape index (κ2) is 8.63. The fraction of sp³-hybridized carbons (Fsp3) is 0.125. The summed E-state index contributed by atoms with van der Waals surface area (Å²) in [6, 6.07) is 12.2. The molecule has 138 valence electrons. The summed E-state index contributed by atoms with van der Waals surface area (Å²) < 4.78 is 26.4. The highest BCUT2D eigenvalue weighted by atomic mass is 79.9. The Bertz CT molecular complexity index is 919. The van der Waals surface area contributed by atoms with E-state index in [0.717, 1.165) is 8.78 Å². The minimum atomic E-state index is -3.83. The zero-order chi connectivity index (χ0) is 19.3. The average Bonchev–Trinajstić information content (AvgIpc) is 2.60. The molecule has 0 unspecified atom stereocenters. The van der Waals surface area contributed by atoms with Gasteiger partial charge in [0.2, 0.25) is 10.0 Å². The Morgan fingerprint density at radius 2 is 1.77 bits per heavy atom. The first-order valence-electron chi connectivity index (χ1n) is 7.27. The number of nitrogens with one attached hydrogen (secondary N) is 2. The number of likely N-dealkylation sites (N-methyl/N-ethyl adjacent to an activating group) is 1. The number of sulfonamides is 1. The summed E-state index contributed by atoms with van der Waals surface area (Å²) in [5.74, 6) is -1.26. The predicted octanol–water partition coefficient (Wildman–Crippen LogP) is 2.18. The van der Waals surface area contributed by atoms with Crippen LogP contribution in [0.15, 0.2) is 57.9 Å². The molecule has 0 radical (unpaired) electrons. The summed E-state index contributed by atoms with van der Waals surface area (Å²) >= 11 is 9.02. The highest BCUT2D eigenvalue weighted by molar-refractivity contribution is 9.10. The zero-order valence-electron chi connectivity index (χ0n) is 13.6. The van der Waals surface area contributed by atoms with Crippen molar-refractivity contribution in [3.63, 3.8) is 0 Å². The number of benzene rings is 2. The summed E-state index contributed by atoms with van der Waals surface area (Å²) in [7, 11) is -2.55. The SMILES string of the molecule is CN(CC(=O)NNC(=O)c1cccc(Cl)c1)S(=O)(=O)c1ccc(Br)cc1. The fourth-order valence-corrected chi connectivity index (χ4v) is 3.52. The number of hydrogen-bond donors (Lipinski definition) is 2. The largest absolute Gasteiger partial charge is 0.272 e. The van der Waals surface area contributed by atoms with Gasteiger partial charge in [0.05, 0.1) is 11.4 Å². The van der Waals surface area contributed by atoms with Crippen molar-refractivity contribution in [3.8, 4) is 0 Å². The van der Waals surface area contributed by atoms with Crippen molar-refractivity contribution in [1.82, 2.24) is 15.2 Å². The summed E-state index contributed by atoms with van der Waals surface area (Å²) in [4.78, 5) is 23.9. The van der Waals surface area contributed by atoms with Gasteiger partial charge in [-0.05, 0) is 42.5 Å². The molecule has 2 amide bonds. The van der Waals surface area contributed by atoms with Gasteiger partial charge in [-0.2, -0.15) is 4.31 Å². The predicted molar refractivity (Wildman–Crippen MR) is 101 cm³/mol. The van der Waals surface area contributed by atoms with Gasteiger partial charge in [0.1, 0.15) is 0 Å². The van der Waals surface area contributed by atoms with Crippen LogP contribution in [0.2, 0.25) is 5.02 Å². The van der Waals surface area contributed by atoms with Crippen molar-refractivity contribution in [3.05, 3.63) is 63.6 Å². The molecule has 2 aromatic carbocycles. The molecule has 0 fully saturated rings. The molecule has 0 aromatic heterocycles. The van der Waals surface area contributed by atoms with Crippen molar-refractivity contribution in [1.29, 1.82) is 0 Å². The molecular formula is C16H15BrClN3O4S. The smallest absolute Gasteiger partial charge is 0.269 e. The van der Waals surface area contributed by atoms with Crippen LogP contribution in [0.1, 0.15) is 10.4 Å². The molecule has 26 heavy (non-hydrogen) atoms. The van der Waals surface area contributed by atoms with Crippen LogP contribution in [0.4, 0.5) is 0 Å². The molecule has 0 heterocycles. The van der Waals surface area contributed by atoms with Crippen LogP contribution in [0.25, 0.3) is 0 Å². The maximum Gasteiger partial charge on any atom is 0.269 e. The highest BCUT2D eigenvalue weighted by Gasteiger charge is 2.23. The first kappa shape index (κ1) is 20.4. The van der Waals surface area contributed by atoms with Crippen LogP contribution in [-0.4, -0.2) is 38.1 Å². The van der Waals surface area contributed by atoms with Crippen LogP contribution in [0.3, 0.4) is 0 Å². The first-order chi connectivity index (χ1) is 12.2. The average molecular weight is 461 g/mol. The van der Waals surface area contributed by atoms with Gasteiger partial charge in [0.25, 0.3) is 11.8 Å². The van der Waals surface area contributed by atoms with E-state index >= 15 is 0 Å². The lowest BCUT2D eigenvalue weighted by molar-refractivity contribution is -0.121. The molecule has 0 atom stereocenters. The van der Waals surface area contributed by atoms with Gasteiger partial charge in [-0.3, -0.25) is 20.4 Å². The van der Waals surface area contributed by atoms with Crippen molar-refractivity contribution in [2.45, 2.75) is 4.90 Å². The van der Waals surface area contributed by atoms with Crippen molar-refractivity contribution < 1.29 is 18.0 Å². The molecule has 0 aliphatic carbocycles. The zero-order valence-corrected chi connectivity index (χ0v) is 16.7. The Morgan fingerprint density at radius 1 is 1.12 bits per heavy atom. The van der Waals surface area contributed by atoms with Gasteiger partial charge >= 0.3 is 0 Å². The van der Waals surface area contributed by atoms with Gasteiger partial charge in [0, 0.05) is 22.1 Å². The Morgan fingerprint density at radius 3 is 2.38 bits per heavy atom. The van der Waals surface area contributed by atoms with Gasteiger partial charge < -0.3 is 0 Å². The summed E-state index contributed by atoms with van der Waals surface area (Å²) in [6.45, 7) is -0.464. The third-order valence-corrected chi connectivity index (χ3v) is 5.87. The van der Waals surface area contributed by atoms with E-state index < -0.39 is 28.4 Å². The topological polar surface area (TPSA) is 95.6 Å². The lowest BCUT2D eigenvalue weighted by Crippen LogP contribution is -2.46. The number of amides is 2. The Hall–Kier alpha value is -1.94. The van der Waals surface area contributed by atoms with E-state index in [1.807, 2.05) is 0 Å². The van der Waals surface area contributed by atoms with Crippen LogP contribution < -0.4 is 10.9 Å². The van der Waals surface area contributed by atoms with Gasteiger partial charge in [-0.15, -0.1) is 0 Å². The summed E-state index contributed by atoms with van der Waals surface area (Å²) in [5.41, 5.74) is 4.63. The Labute approximate surface area is 164 Å². The number of halogens is 2. The lowest BCUT2D eigenvalue weighted by atomic mass is 10.2. The summed E-state index contributed by atoms with van der Waals surface area (Å²) in [6.07, 6.45) is 0. The minimum absolute atomic E-state index is 0.0546. The van der Waals surface area contributed by atoms with Crippen LogP contribution in [0, 0.1) is 0 Å². The third-order valence-electron chi connectivity index (χ3n) is 3.29. The number of rotatable bonds is 5. The molecule has 0 saturated carbocycles. The Balaban J connectivity index is 1.94. The second-order valence-electron chi connectivity index (χ2n) is 5.23. The highest BCUT2D eigenvalue weighted by Crippen LogP contribution is 2.17. The molecule has 0 saturated heterocycles. The molecule has 2 aromatic rings. The quantitative estimate of drug-likeness (QED) is 0.669.